The van der Waals surface area contributed by atoms with Gasteiger partial charge in [-0.3, -0.25) is 4.79 Å². The van der Waals surface area contributed by atoms with Crippen molar-refractivity contribution in [2.75, 3.05) is 4.90 Å². The number of hydrogen-bond acceptors (Lipinski definition) is 1. The molecule has 0 spiro atoms. The molecule has 19 heavy (non-hydrogen) atoms. The fourth-order valence-corrected chi connectivity index (χ4v) is 3.04. The molecule has 0 aromatic heterocycles. The lowest BCUT2D eigenvalue weighted by molar-refractivity contribution is 0.0987. The number of hydrogen-bond donors (Lipinski definition) is 0. The molecule has 1 heterocycles. The van der Waals surface area contributed by atoms with E-state index in [-0.39, 0.29) is 11.9 Å². The Kier molecular flexibility index (Phi) is 2.63. The Bertz CT molecular complexity index is 670. The third kappa shape index (κ3) is 1.59. The molecule has 2 aromatic rings. The van der Waals surface area contributed by atoms with Crippen molar-refractivity contribution in [1.29, 1.82) is 0 Å². The number of amides is 1. The average Bonchev–Trinajstić information content (AvgIpc) is 2.64. The summed E-state index contributed by atoms with van der Waals surface area (Å²) < 4.78 is 0. The first-order chi connectivity index (χ1) is 9.02. The molecule has 0 saturated carbocycles. The van der Waals surface area contributed by atoms with Crippen molar-refractivity contribution in [3.8, 4) is 0 Å². The average molecular weight is 253 g/mol. The monoisotopic (exact) mass is 253 g/mol. The molecule has 0 saturated heterocycles. The fourth-order valence-electron chi connectivity index (χ4n) is 3.04. The second kappa shape index (κ2) is 4.09. The predicted octanol–water partition coefficient (Wildman–Crippen LogP) is 4.33. The summed E-state index contributed by atoms with van der Waals surface area (Å²) in [5, 5.41) is 2.36. The van der Waals surface area contributed by atoms with E-state index in [1.54, 1.807) is 0 Å². The van der Waals surface area contributed by atoms with Gasteiger partial charge in [0.05, 0.1) is 5.69 Å². The van der Waals surface area contributed by atoms with Gasteiger partial charge < -0.3 is 4.90 Å². The van der Waals surface area contributed by atoms with Gasteiger partial charge in [0.1, 0.15) is 0 Å². The van der Waals surface area contributed by atoms with E-state index < -0.39 is 0 Å². The van der Waals surface area contributed by atoms with E-state index in [2.05, 4.69) is 52.0 Å². The van der Waals surface area contributed by atoms with Crippen LogP contribution >= 0.6 is 0 Å². The molecule has 0 N–H and O–H groups in total. The van der Waals surface area contributed by atoms with Crippen LogP contribution in [0.25, 0.3) is 10.8 Å². The highest BCUT2D eigenvalue weighted by Gasteiger charge is 2.31. The summed E-state index contributed by atoms with van der Waals surface area (Å²) in [6, 6.07) is 10.5. The van der Waals surface area contributed by atoms with Gasteiger partial charge in [-0.05, 0) is 42.8 Å². The molecule has 0 bridgehead atoms. The Hall–Kier alpha value is -1.83. The van der Waals surface area contributed by atoms with Crippen molar-refractivity contribution in [3.05, 3.63) is 41.5 Å². The van der Waals surface area contributed by atoms with Gasteiger partial charge in [0.15, 0.2) is 0 Å². The molecule has 0 aliphatic carbocycles. The maximum atomic E-state index is 12.5. The van der Waals surface area contributed by atoms with Crippen LogP contribution < -0.4 is 4.90 Å². The van der Waals surface area contributed by atoms with Gasteiger partial charge in [-0.2, -0.15) is 0 Å². The fraction of sp³-hybridized carbons (Fsp3) is 0.353. The minimum Gasteiger partial charge on any atom is -0.305 e. The highest BCUT2D eigenvalue weighted by atomic mass is 16.2. The zero-order valence-corrected chi connectivity index (χ0v) is 11.9. The van der Waals surface area contributed by atoms with E-state index in [0.717, 1.165) is 16.6 Å². The lowest BCUT2D eigenvalue weighted by Gasteiger charge is -2.22. The van der Waals surface area contributed by atoms with Crippen LogP contribution in [0.3, 0.4) is 0 Å². The van der Waals surface area contributed by atoms with Crippen molar-refractivity contribution >= 4 is 22.4 Å². The van der Waals surface area contributed by atoms with Crippen LogP contribution in [0.15, 0.2) is 30.3 Å². The molecule has 0 atom stereocenters. The molecule has 0 fully saturated rings. The largest absolute Gasteiger partial charge is 0.305 e. The first kappa shape index (κ1) is 12.2. The van der Waals surface area contributed by atoms with Gasteiger partial charge in [-0.25, -0.2) is 0 Å². The van der Waals surface area contributed by atoms with Crippen LogP contribution in [0.4, 0.5) is 5.69 Å². The molecular formula is C17H19NO. The van der Waals surface area contributed by atoms with Crippen molar-refractivity contribution in [3.63, 3.8) is 0 Å². The number of carbonyl (C=O) groups is 1. The minimum atomic E-state index is 0.136. The van der Waals surface area contributed by atoms with Crippen LogP contribution in [-0.2, 0) is 0 Å². The molecule has 3 rings (SSSR count). The number of benzene rings is 2. The summed E-state index contributed by atoms with van der Waals surface area (Å²) in [6.07, 6.45) is 0. The minimum absolute atomic E-state index is 0.136. The molecule has 1 amide bonds. The van der Waals surface area contributed by atoms with Gasteiger partial charge in [-0.1, -0.05) is 32.0 Å². The van der Waals surface area contributed by atoms with E-state index in [0.29, 0.717) is 5.92 Å². The van der Waals surface area contributed by atoms with Crippen LogP contribution in [0.5, 0.6) is 0 Å². The molecule has 0 radical (unpaired) electrons. The van der Waals surface area contributed by atoms with Gasteiger partial charge in [0.2, 0.25) is 0 Å². The SMILES string of the molecule is CC(C)c1ccc2c3c(cccc13)N(C(C)C)C2=O. The van der Waals surface area contributed by atoms with Crippen molar-refractivity contribution in [2.24, 2.45) is 0 Å². The quantitative estimate of drug-likeness (QED) is 0.780. The summed E-state index contributed by atoms with van der Waals surface area (Å²) >= 11 is 0. The Morgan fingerprint density at radius 1 is 1.00 bits per heavy atom. The lowest BCUT2D eigenvalue weighted by Crippen LogP contribution is -2.33. The Labute approximate surface area is 114 Å². The molecular weight excluding hydrogens is 234 g/mol. The van der Waals surface area contributed by atoms with Crippen LogP contribution in [0, 0.1) is 0 Å². The molecule has 1 aliphatic rings. The number of anilines is 1. The van der Waals surface area contributed by atoms with Crippen LogP contribution in [0.1, 0.15) is 49.5 Å². The van der Waals surface area contributed by atoms with Gasteiger partial charge in [0.25, 0.3) is 5.91 Å². The molecule has 1 aliphatic heterocycles. The number of nitrogens with zero attached hydrogens (tertiary/aromatic N) is 1. The molecule has 2 nitrogen and oxygen atoms in total. The third-order valence-corrected chi connectivity index (χ3v) is 3.90. The maximum absolute atomic E-state index is 12.5. The second-order valence-electron chi connectivity index (χ2n) is 5.83. The highest BCUT2D eigenvalue weighted by Crippen LogP contribution is 2.41. The van der Waals surface area contributed by atoms with Crippen LogP contribution in [0.2, 0.25) is 0 Å². The number of rotatable bonds is 2. The van der Waals surface area contributed by atoms with Crippen LogP contribution in [-0.4, -0.2) is 11.9 Å². The van der Waals surface area contributed by atoms with E-state index in [1.807, 2.05) is 11.0 Å². The van der Waals surface area contributed by atoms with Crippen molar-refractivity contribution < 1.29 is 4.79 Å². The number of carbonyl (C=O) groups excluding carboxylic acids is 1. The normalized spacial score (nSPS) is 14.2. The van der Waals surface area contributed by atoms with Gasteiger partial charge >= 0.3 is 0 Å². The summed E-state index contributed by atoms with van der Waals surface area (Å²) in [4.78, 5) is 14.4. The summed E-state index contributed by atoms with van der Waals surface area (Å²) in [5.74, 6) is 0.601. The Morgan fingerprint density at radius 3 is 2.37 bits per heavy atom. The first-order valence-electron chi connectivity index (χ1n) is 6.91. The molecule has 98 valence electrons. The van der Waals surface area contributed by atoms with E-state index in [4.69, 9.17) is 0 Å². The Morgan fingerprint density at radius 2 is 1.74 bits per heavy atom. The lowest BCUT2D eigenvalue weighted by atomic mass is 9.93. The van der Waals surface area contributed by atoms with Crippen molar-refractivity contribution in [2.45, 2.75) is 39.7 Å². The standard InChI is InChI=1S/C17H19NO/c1-10(2)12-8-9-14-16-13(12)6-5-7-15(16)18(11(3)4)17(14)19/h5-11H,1-4H3. The van der Waals surface area contributed by atoms with Crippen molar-refractivity contribution in [1.82, 2.24) is 0 Å². The van der Waals surface area contributed by atoms with E-state index in [1.165, 1.54) is 10.9 Å². The zero-order valence-electron chi connectivity index (χ0n) is 11.9. The smallest absolute Gasteiger partial charge is 0.259 e. The predicted molar refractivity (Wildman–Crippen MR) is 80.0 cm³/mol. The van der Waals surface area contributed by atoms with Gasteiger partial charge in [0, 0.05) is 17.0 Å². The summed E-state index contributed by atoms with van der Waals surface area (Å²) in [6.45, 7) is 8.51. The summed E-state index contributed by atoms with van der Waals surface area (Å²) in [5.41, 5.74) is 3.23. The third-order valence-electron chi connectivity index (χ3n) is 3.90. The topological polar surface area (TPSA) is 20.3 Å². The summed E-state index contributed by atoms with van der Waals surface area (Å²) in [7, 11) is 0. The van der Waals surface area contributed by atoms with Gasteiger partial charge in [-0.15, -0.1) is 0 Å². The molecule has 2 heteroatoms. The van der Waals surface area contributed by atoms with E-state index >= 15 is 0 Å². The molecule has 2 aromatic carbocycles. The Balaban J connectivity index is 2.38. The maximum Gasteiger partial charge on any atom is 0.259 e. The highest BCUT2D eigenvalue weighted by molar-refractivity contribution is 6.25. The molecule has 0 unspecified atom stereocenters. The second-order valence-corrected chi connectivity index (χ2v) is 5.83. The first-order valence-corrected chi connectivity index (χ1v) is 6.91. The zero-order chi connectivity index (χ0) is 13.7. The van der Waals surface area contributed by atoms with E-state index in [9.17, 15) is 4.79 Å².